The van der Waals surface area contributed by atoms with Gasteiger partial charge in [-0.05, 0) is 17.8 Å². The van der Waals surface area contributed by atoms with Crippen LogP contribution in [0.1, 0.15) is 34.6 Å². The molecule has 15 heavy (non-hydrogen) atoms. The highest BCUT2D eigenvalue weighted by Gasteiger charge is 2.40. The largest absolute Gasteiger partial charge is 0.384 e. The molecule has 0 aromatic heterocycles. The second-order valence-corrected chi connectivity index (χ2v) is 5.29. The van der Waals surface area contributed by atoms with E-state index in [9.17, 15) is 0 Å². The molecule has 1 atom stereocenters. The molecule has 2 heteroatoms. The van der Waals surface area contributed by atoms with Gasteiger partial charge >= 0.3 is 0 Å². The van der Waals surface area contributed by atoms with Crippen LogP contribution >= 0.6 is 0 Å². The van der Waals surface area contributed by atoms with Crippen LogP contribution in [-0.2, 0) is 9.47 Å². The Morgan fingerprint density at radius 1 is 0.867 bits per heavy atom. The molecule has 0 aliphatic rings. The Hall–Kier alpha value is -0.0800. The molecule has 2 nitrogen and oxygen atoms in total. The number of ether oxygens (including phenoxy) is 2. The van der Waals surface area contributed by atoms with E-state index in [4.69, 9.17) is 9.47 Å². The van der Waals surface area contributed by atoms with Crippen molar-refractivity contribution in [1.82, 2.24) is 0 Å². The number of hydrogen-bond donors (Lipinski definition) is 0. The molecule has 0 saturated carbocycles. The highest BCUT2D eigenvalue weighted by molar-refractivity contribution is 4.88. The van der Waals surface area contributed by atoms with Crippen molar-refractivity contribution >= 4 is 0 Å². The average molecular weight is 216 g/mol. The summed E-state index contributed by atoms with van der Waals surface area (Å²) in [4.78, 5) is 0. The highest BCUT2D eigenvalue weighted by atomic mass is 16.5. The third kappa shape index (κ3) is 3.46. The molecule has 0 spiro atoms. The van der Waals surface area contributed by atoms with E-state index in [0.29, 0.717) is 17.8 Å². The van der Waals surface area contributed by atoms with Gasteiger partial charge in [-0.1, -0.05) is 34.6 Å². The van der Waals surface area contributed by atoms with Crippen molar-refractivity contribution in [3.8, 4) is 0 Å². The maximum absolute atomic E-state index is 5.41. The quantitative estimate of drug-likeness (QED) is 0.650. The molecule has 1 unspecified atom stereocenters. The summed E-state index contributed by atoms with van der Waals surface area (Å²) in [6, 6.07) is 0. The monoisotopic (exact) mass is 216 g/mol. The molecule has 0 fully saturated rings. The molecule has 0 N–H and O–H groups in total. The minimum Gasteiger partial charge on any atom is -0.384 e. The molecule has 0 bridgehead atoms. The smallest absolute Gasteiger partial charge is 0.0545 e. The normalized spacial score (nSPS) is 15.0. The Balaban J connectivity index is 4.92. The minimum atomic E-state index is 0.137. The fourth-order valence-corrected chi connectivity index (χ4v) is 2.36. The van der Waals surface area contributed by atoms with E-state index in [1.807, 2.05) is 0 Å². The molecular weight excluding hydrogens is 188 g/mol. The van der Waals surface area contributed by atoms with Crippen LogP contribution in [0.25, 0.3) is 0 Å². The van der Waals surface area contributed by atoms with Crippen molar-refractivity contribution < 1.29 is 9.47 Å². The third-order valence-electron chi connectivity index (χ3n) is 3.88. The summed E-state index contributed by atoms with van der Waals surface area (Å²) in [6.07, 6.45) is 0. The van der Waals surface area contributed by atoms with Gasteiger partial charge in [0, 0.05) is 19.6 Å². The summed E-state index contributed by atoms with van der Waals surface area (Å²) in [6.45, 7) is 12.9. The molecule has 0 saturated heterocycles. The Bertz CT molecular complexity index is 158. The summed E-state index contributed by atoms with van der Waals surface area (Å²) in [7, 11) is 3.56. The van der Waals surface area contributed by atoms with Crippen molar-refractivity contribution in [2.24, 2.45) is 23.2 Å². The minimum absolute atomic E-state index is 0.137. The zero-order chi connectivity index (χ0) is 12.1. The second-order valence-electron chi connectivity index (χ2n) is 5.29. The van der Waals surface area contributed by atoms with E-state index in [0.717, 1.165) is 13.2 Å². The Labute approximate surface area is 95.3 Å². The second kappa shape index (κ2) is 6.49. The van der Waals surface area contributed by atoms with Gasteiger partial charge in [0.2, 0.25) is 0 Å². The molecular formula is C13H28O2. The molecule has 0 heterocycles. The first-order valence-corrected chi connectivity index (χ1v) is 5.90. The van der Waals surface area contributed by atoms with Crippen molar-refractivity contribution in [3.05, 3.63) is 0 Å². The molecule has 0 amide bonds. The number of methoxy groups -OCH3 is 2. The summed E-state index contributed by atoms with van der Waals surface area (Å²) < 4.78 is 10.8. The van der Waals surface area contributed by atoms with Crippen LogP contribution in [0.4, 0.5) is 0 Å². The highest BCUT2D eigenvalue weighted by Crippen LogP contribution is 2.40. The third-order valence-corrected chi connectivity index (χ3v) is 3.88. The Kier molecular flexibility index (Phi) is 6.46. The van der Waals surface area contributed by atoms with E-state index in [2.05, 4.69) is 34.6 Å². The van der Waals surface area contributed by atoms with Gasteiger partial charge in [0.1, 0.15) is 0 Å². The molecule has 0 aromatic rings. The molecule has 0 aliphatic heterocycles. The van der Waals surface area contributed by atoms with Crippen molar-refractivity contribution in [3.63, 3.8) is 0 Å². The zero-order valence-electron chi connectivity index (χ0n) is 11.5. The van der Waals surface area contributed by atoms with E-state index < -0.39 is 0 Å². The van der Waals surface area contributed by atoms with Crippen LogP contribution in [0.5, 0.6) is 0 Å². The van der Waals surface area contributed by atoms with Gasteiger partial charge in [0.25, 0.3) is 0 Å². The SMILES string of the molecule is COCC(COC)(C(C)C)C(C)C(C)C. The fourth-order valence-electron chi connectivity index (χ4n) is 2.36. The lowest BCUT2D eigenvalue weighted by Crippen LogP contribution is -2.44. The molecule has 0 radical (unpaired) electrons. The number of hydrogen-bond acceptors (Lipinski definition) is 2. The van der Waals surface area contributed by atoms with Gasteiger partial charge in [-0.25, -0.2) is 0 Å². The first-order valence-electron chi connectivity index (χ1n) is 5.90. The zero-order valence-corrected chi connectivity index (χ0v) is 11.5. The topological polar surface area (TPSA) is 18.5 Å². The van der Waals surface area contributed by atoms with Gasteiger partial charge < -0.3 is 9.47 Å². The Morgan fingerprint density at radius 2 is 1.27 bits per heavy atom. The molecule has 0 aromatic carbocycles. The summed E-state index contributed by atoms with van der Waals surface area (Å²) >= 11 is 0. The molecule has 0 aliphatic carbocycles. The average Bonchev–Trinajstić information content (AvgIpc) is 2.15. The van der Waals surface area contributed by atoms with E-state index in [-0.39, 0.29) is 5.41 Å². The maximum Gasteiger partial charge on any atom is 0.0545 e. The van der Waals surface area contributed by atoms with Gasteiger partial charge in [0.05, 0.1) is 13.2 Å². The van der Waals surface area contributed by atoms with Crippen LogP contribution < -0.4 is 0 Å². The van der Waals surface area contributed by atoms with E-state index in [1.165, 1.54) is 0 Å². The van der Waals surface area contributed by atoms with Gasteiger partial charge in [-0.2, -0.15) is 0 Å². The standard InChI is InChI=1S/C13H28O2/c1-10(2)12(5)13(8-14-6,9-15-7)11(3)4/h10-12H,8-9H2,1-7H3. The first-order chi connectivity index (χ1) is 6.92. The molecule has 0 rings (SSSR count). The van der Waals surface area contributed by atoms with Crippen LogP contribution in [0.3, 0.4) is 0 Å². The lowest BCUT2D eigenvalue weighted by atomic mass is 9.65. The summed E-state index contributed by atoms with van der Waals surface area (Å²) in [5, 5.41) is 0. The van der Waals surface area contributed by atoms with Gasteiger partial charge in [-0.15, -0.1) is 0 Å². The lowest BCUT2D eigenvalue weighted by molar-refractivity contribution is -0.0684. The van der Waals surface area contributed by atoms with Crippen molar-refractivity contribution in [2.45, 2.75) is 34.6 Å². The van der Waals surface area contributed by atoms with Crippen LogP contribution in [0.15, 0.2) is 0 Å². The summed E-state index contributed by atoms with van der Waals surface area (Å²) in [5.41, 5.74) is 0.137. The van der Waals surface area contributed by atoms with Crippen molar-refractivity contribution in [2.75, 3.05) is 27.4 Å². The van der Waals surface area contributed by atoms with Crippen LogP contribution in [0.2, 0.25) is 0 Å². The van der Waals surface area contributed by atoms with E-state index in [1.54, 1.807) is 14.2 Å². The molecule has 92 valence electrons. The van der Waals surface area contributed by atoms with Crippen LogP contribution in [-0.4, -0.2) is 27.4 Å². The van der Waals surface area contributed by atoms with Crippen molar-refractivity contribution in [1.29, 1.82) is 0 Å². The van der Waals surface area contributed by atoms with E-state index >= 15 is 0 Å². The maximum atomic E-state index is 5.41. The summed E-state index contributed by atoms with van der Waals surface area (Å²) in [5.74, 6) is 1.81. The predicted octanol–water partition coefficient (Wildman–Crippen LogP) is 3.21. The Morgan fingerprint density at radius 3 is 1.47 bits per heavy atom. The predicted molar refractivity (Wildman–Crippen MR) is 65.0 cm³/mol. The van der Waals surface area contributed by atoms with Crippen LogP contribution in [0, 0.1) is 23.2 Å². The van der Waals surface area contributed by atoms with Gasteiger partial charge in [0.15, 0.2) is 0 Å². The first kappa shape index (κ1) is 14.9. The fraction of sp³-hybridized carbons (Fsp3) is 1.00. The van der Waals surface area contributed by atoms with Gasteiger partial charge in [-0.3, -0.25) is 0 Å². The number of rotatable bonds is 7. The lowest BCUT2D eigenvalue weighted by Gasteiger charge is -2.43.